The number of aliphatic hydroxyl groups is 2. The molecule has 0 heterocycles. The molecule has 1 atom stereocenters. The first-order valence-corrected chi connectivity index (χ1v) is 9.68. The molecule has 6 nitrogen and oxygen atoms in total. The molecule has 29 heavy (non-hydrogen) atoms. The maximum atomic E-state index is 11.9. The molecule has 2 aliphatic carbocycles. The second kappa shape index (κ2) is 12.0. The summed E-state index contributed by atoms with van der Waals surface area (Å²) in [5, 5.41) is 19.3. The molecule has 0 aromatic carbocycles. The van der Waals surface area contributed by atoms with Crippen molar-refractivity contribution in [3.05, 3.63) is 72.4 Å². The summed E-state index contributed by atoms with van der Waals surface area (Å²) in [7, 11) is 0. The summed E-state index contributed by atoms with van der Waals surface area (Å²) < 4.78 is 10.3. The molecule has 2 rings (SSSR count). The smallest absolute Gasteiger partial charge is 0.330 e. The third kappa shape index (κ3) is 8.05. The zero-order valence-electron chi connectivity index (χ0n) is 16.4. The number of hydrogen-bond acceptors (Lipinski definition) is 6. The van der Waals surface area contributed by atoms with Gasteiger partial charge in [0.25, 0.3) is 0 Å². The van der Waals surface area contributed by atoms with Gasteiger partial charge in [0.1, 0.15) is 13.2 Å². The van der Waals surface area contributed by atoms with Crippen LogP contribution in [-0.2, 0) is 19.1 Å². The number of aliphatic hydroxyl groups excluding tert-OH is 2. The normalized spacial score (nSPS) is 19.0. The average molecular weight is 400 g/mol. The number of carbonyl (C=O) groups is 2. The van der Waals surface area contributed by atoms with Gasteiger partial charge in [-0.15, -0.1) is 0 Å². The Bertz CT molecular complexity index is 734. The Kier molecular flexibility index (Phi) is 9.34. The van der Waals surface area contributed by atoms with E-state index < -0.39 is 30.6 Å². The molecule has 2 aliphatic rings. The lowest BCUT2D eigenvalue weighted by molar-refractivity contribution is -0.152. The summed E-state index contributed by atoms with van der Waals surface area (Å²) in [6.07, 6.45) is 22.5. The van der Waals surface area contributed by atoms with Crippen LogP contribution in [0.5, 0.6) is 0 Å². The molecular formula is C23H28O6. The zero-order chi connectivity index (χ0) is 21.0. The van der Waals surface area contributed by atoms with Crippen molar-refractivity contribution in [2.45, 2.75) is 19.3 Å². The van der Waals surface area contributed by atoms with Gasteiger partial charge in [-0.3, -0.25) is 0 Å². The summed E-state index contributed by atoms with van der Waals surface area (Å²) in [4.78, 5) is 23.9. The van der Waals surface area contributed by atoms with Crippen LogP contribution >= 0.6 is 0 Å². The van der Waals surface area contributed by atoms with Gasteiger partial charge in [0.15, 0.2) is 0 Å². The minimum atomic E-state index is -1.26. The zero-order valence-corrected chi connectivity index (χ0v) is 16.4. The molecule has 156 valence electrons. The molecule has 0 aliphatic heterocycles. The topological polar surface area (TPSA) is 93.1 Å². The Balaban J connectivity index is 1.81. The average Bonchev–Trinajstić information content (AvgIpc) is 2.78. The second-order valence-electron chi connectivity index (χ2n) is 7.12. The Morgan fingerprint density at radius 1 is 1.03 bits per heavy atom. The van der Waals surface area contributed by atoms with Gasteiger partial charge in [-0.2, -0.15) is 0 Å². The highest BCUT2D eigenvalue weighted by Crippen LogP contribution is 2.18. The van der Waals surface area contributed by atoms with Gasteiger partial charge in [0.2, 0.25) is 0 Å². The first-order chi connectivity index (χ1) is 14.1. The number of esters is 2. The first-order valence-electron chi connectivity index (χ1n) is 9.68. The van der Waals surface area contributed by atoms with Gasteiger partial charge in [0, 0.05) is 12.2 Å². The van der Waals surface area contributed by atoms with Crippen molar-refractivity contribution in [2.24, 2.45) is 11.3 Å². The van der Waals surface area contributed by atoms with E-state index in [0.717, 1.165) is 24.8 Å². The van der Waals surface area contributed by atoms with Gasteiger partial charge in [-0.25, -0.2) is 9.59 Å². The fraction of sp³-hybridized carbons (Fsp3) is 0.391. The predicted molar refractivity (Wildman–Crippen MR) is 110 cm³/mol. The lowest BCUT2D eigenvalue weighted by atomic mass is 9.92. The van der Waals surface area contributed by atoms with Crippen molar-refractivity contribution in [3.8, 4) is 0 Å². The van der Waals surface area contributed by atoms with Gasteiger partial charge in [-0.05, 0) is 36.8 Å². The predicted octanol–water partition coefficient (Wildman–Crippen LogP) is 2.56. The van der Waals surface area contributed by atoms with Crippen LogP contribution in [0.15, 0.2) is 72.4 Å². The van der Waals surface area contributed by atoms with E-state index in [1.165, 1.54) is 12.2 Å². The minimum Gasteiger partial charge on any atom is -0.462 e. The van der Waals surface area contributed by atoms with Crippen LogP contribution in [0.4, 0.5) is 0 Å². The van der Waals surface area contributed by atoms with Crippen molar-refractivity contribution in [1.82, 2.24) is 0 Å². The molecule has 0 bridgehead atoms. The monoisotopic (exact) mass is 400 g/mol. The highest BCUT2D eigenvalue weighted by Gasteiger charge is 2.32. The molecule has 0 spiro atoms. The van der Waals surface area contributed by atoms with Crippen molar-refractivity contribution in [2.75, 3.05) is 26.4 Å². The maximum absolute atomic E-state index is 11.9. The van der Waals surface area contributed by atoms with Crippen LogP contribution in [0, 0.1) is 11.3 Å². The Morgan fingerprint density at radius 2 is 1.76 bits per heavy atom. The Morgan fingerprint density at radius 3 is 2.34 bits per heavy atom. The van der Waals surface area contributed by atoms with Gasteiger partial charge in [-0.1, -0.05) is 48.6 Å². The maximum Gasteiger partial charge on any atom is 0.330 e. The highest BCUT2D eigenvalue weighted by atomic mass is 16.5. The molecule has 0 aromatic heterocycles. The van der Waals surface area contributed by atoms with Crippen LogP contribution in [0.2, 0.25) is 0 Å². The minimum absolute atomic E-state index is 0.134. The second-order valence-corrected chi connectivity index (χ2v) is 7.12. The van der Waals surface area contributed by atoms with E-state index in [4.69, 9.17) is 9.47 Å². The largest absolute Gasteiger partial charge is 0.462 e. The van der Waals surface area contributed by atoms with Gasteiger partial charge in [0.05, 0.1) is 18.6 Å². The molecule has 0 saturated carbocycles. The fourth-order valence-corrected chi connectivity index (χ4v) is 2.69. The van der Waals surface area contributed by atoms with Crippen molar-refractivity contribution in [3.63, 3.8) is 0 Å². The third-order valence-corrected chi connectivity index (χ3v) is 4.64. The van der Waals surface area contributed by atoms with Crippen molar-refractivity contribution < 1.29 is 29.3 Å². The Hall–Kier alpha value is -2.70. The van der Waals surface area contributed by atoms with E-state index in [1.54, 1.807) is 12.2 Å². The molecule has 6 heteroatoms. The summed E-state index contributed by atoms with van der Waals surface area (Å²) in [5.41, 5.74) is -0.336. The lowest BCUT2D eigenvalue weighted by Gasteiger charge is -2.28. The van der Waals surface area contributed by atoms with Crippen LogP contribution in [0.3, 0.4) is 0 Å². The number of rotatable bonds is 10. The molecular weight excluding hydrogens is 372 g/mol. The van der Waals surface area contributed by atoms with Crippen molar-refractivity contribution >= 4 is 11.9 Å². The molecule has 0 saturated heterocycles. The van der Waals surface area contributed by atoms with E-state index in [9.17, 15) is 19.8 Å². The Labute approximate surface area is 171 Å². The SMILES string of the molecule is O=C(/C=C/C1=CCCC=C1)OCC(CO)(CO)COC(=O)/C=C/C1C=CC=CC1. The quantitative estimate of drug-likeness (QED) is 0.432. The van der Waals surface area contributed by atoms with E-state index in [2.05, 4.69) is 0 Å². The molecule has 0 fully saturated rings. The van der Waals surface area contributed by atoms with Crippen LogP contribution in [-0.4, -0.2) is 48.6 Å². The summed E-state index contributed by atoms with van der Waals surface area (Å²) in [5.74, 6) is -1.05. The lowest BCUT2D eigenvalue weighted by Crippen LogP contribution is -2.40. The van der Waals surface area contributed by atoms with E-state index in [0.29, 0.717) is 0 Å². The first kappa shape index (κ1) is 22.6. The van der Waals surface area contributed by atoms with Crippen LogP contribution < -0.4 is 0 Å². The summed E-state index contributed by atoms with van der Waals surface area (Å²) >= 11 is 0. The fourth-order valence-electron chi connectivity index (χ4n) is 2.69. The summed E-state index contributed by atoms with van der Waals surface area (Å²) in [6, 6.07) is 0. The van der Waals surface area contributed by atoms with Gasteiger partial charge < -0.3 is 19.7 Å². The highest BCUT2D eigenvalue weighted by molar-refractivity contribution is 5.83. The number of hydrogen-bond donors (Lipinski definition) is 2. The van der Waals surface area contributed by atoms with Gasteiger partial charge >= 0.3 is 11.9 Å². The number of carbonyl (C=O) groups excluding carboxylic acids is 2. The van der Waals surface area contributed by atoms with Crippen LogP contribution in [0.25, 0.3) is 0 Å². The summed E-state index contributed by atoms with van der Waals surface area (Å²) in [6.45, 7) is -1.54. The molecule has 1 unspecified atom stereocenters. The molecule has 0 amide bonds. The van der Waals surface area contributed by atoms with Crippen LogP contribution in [0.1, 0.15) is 19.3 Å². The van der Waals surface area contributed by atoms with E-state index in [-0.39, 0.29) is 19.1 Å². The van der Waals surface area contributed by atoms with E-state index in [1.807, 2.05) is 42.5 Å². The van der Waals surface area contributed by atoms with Crippen molar-refractivity contribution in [1.29, 1.82) is 0 Å². The molecule has 0 radical (unpaired) electrons. The molecule has 0 aromatic rings. The number of ether oxygens (including phenoxy) is 2. The number of allylic oxidation sites excluding steroid dienone is 10. The molecule has 2 N–H and O–H groups in total. The standard InChI is InChI=1S/C23H28O6/c24-15-23(16-25,17-28-21(26)13-11-19-7-3-1-4-8-19)18-29-22(27)14-12-20-9-5-2-6-10-20/h1,3-5,7,9-14,19,24-25H,2,6,8,15-18H2/b13-11+,14-12+. The third-order valence-electron chi connectivity index (χ3n) is 4.64. The van der Waals surface area contributed by atoms with E-state index >= 15 is 0 Å².